The van der Waals surface area contributed by atoms with Gasteiger partial charge in [0.15, 0.2) is 5.11 Å². The number of rotatable bonds is 2. The Morgan fingerprint density at radius 1 is 1.21 bits per heavy atom. The maximum atomic E-state index is 11.8. The predicted octanol–water partition coefficient (Wildman–Crippen LogP) is 4.18. The van der Waals surface area contributed by atoms with E-state index in [0.717, 1.165) is 0 Å². The first-order chi connectivity index (χ1) is 9.06. The van der Waals surface area contributed by atoms with Crippen LogP contribution in [0.1, 0.15) is 9.67 Å². The highest BCUT2D eigenvalue weighted by Crippen LogP contribution is 2.24. The van der Waals surface area contributed by atoms with Crippen molar-refractivity contribution < 1.29 is 4.79 Å². The Bertz CT molecular complexity index is 614. The summed E-state index contributed by atoms with van der Waals surface area (Å²) in [5, 5.41) is 8.35. The third-order valence-electron chi connectivity index (χ3n) is 2.15. The molecule has 0 aliphatic carbocycles. The molecule has 2 aromatic rings. The quantitative estimate of drug-likeness (QED) is 0.811. The van der Waals surface area contributed by atoms with Crippen LogP contribution < -0.4 is 10.6 Å². The maximum absolute atomic E-state index is 11.8. The standard InChI is InChI=1S/C12H8Cl2N2OS2/c13-8-4-3-7(6-9(8)14)15-12(18)16-11(17)10-2-1-5-19-10/h1-6H,(H2,15,16,17,18). The van der Waals surface area contributed by atoms with E-state index in [4.69, 9.17) is 35.4 Å². The molecule has 19 heavy (non-hydrogen) atoms. The summed E-state index contributed by atoms with van der Waals surface area (Å²) in [4.78, 5) is 12.3. The van der Waals surface area contributed by atoms with E-state index >= 15 is 0 Å². The molecule has 0 fully saturated rings. The van der Waals surface area contributed by atoms with Crippen molar-refractivity contribution in [2.45, 2.75) is 0 Å². The monoisotopic (exact) mass is 330 g/mol. The number of halogens is 2. The van der Waals surface area contributed by atoms with Crippen LogP contribution in [0.2, 0.25) is 10.0 Å². The summed E-state index contributed by atoms with van der Waals surface area (Å²) in [6, 6.07) is 8.53. The number of nitrogens with one attached hydrogen (secondary N) is 2. The van der Waals surface area contributed by atoms with Crippen LogP contribution in [0.5, 0.6) is 0 Å². The Morgan fingerprint density at radius 2 is 2.00 bits per heavy atom. The molecule has 2 rings (SSSR count). The summed E-state index contributed by atoms with van der Waals surface area (Å²) in [6.07, 6.45) is 0. The highest BCUT2D eigenvalue weighted by Gasteiger charge is 2.09. The molecule has 0 atom stereocenters. The molecular weight excluding hydrogens is 323 g/mol. The van der Waals surface area contributed by atoms with Crippen molar-refractivity contribution in [1.29, 1.82) is 0 Å². The second-order valence-electron chi connectivity index (χ2n) is 3.51. The van der Waals surface area contributed by atoms with Gasteiger partial charge in [-0.2, -0.15) is 0 Å². The van der Waals surface area contributed by atoms with Gasteiger partial charge in [-0.25, -0.2) is 0 Å². The molecular formula is C12H8Cl2N2OS2. The van der Waals surface area contributed by atoms with Crippen molar-refractivity contribution in [2.24, 2.45) is 0 Å². The fourth-order valence-corrected chi connectivity index (χ4v) is 2.44. The number of hydrogen-bond acceptors (Lipinski definition) is 3. The molecule has 1 aromatic carbocycles. The topological polar surface area (TPSA) is 41.1 Å². The summed E-state index contributed by atoms with van der Waals surface area (Å²) < 4.78 is 0. The van der Waals surface area contributed by atoms with Crippen molar-refractivity contribution in [2.75, 3.05) is 5.32 Å². The largest absolute Gasteiger partial charge is 0.332 e. The first-order valence-electron chi connectivity index (χ1n) is 5.17. The normalized spacial score (nSPS) is 10.0. The first-order valence-corrected chi connectivity index (χ1v) is 7.21. The lowest BCUT2D eigenvalue weighted by atomic mass is 10.3. The molecule has 3 nitrogen and oxygen atoms in total. The van der Waals surface area contributed by atoms with Crippen LogP contribution in [0, 0.1) is 0 Å². The molecule has 98 valence electrons. The van der Waals surface area contributed by atoms with Crippen molar-refractivity contribution >= 4 is 63.5 Å². The number of thiocarbonyl (C=S) groups is 1. The SMILES string of the molecule is O=C(NC(=S)Nc1ccc(Cl)c(Cl)c1)c1cccs1. The van der Waals surface area contributed by atoms with Crippen LogP contribution in [0.15, 0.2) is 35.7 Å². The average molecular weight is 331 g/mol. The number of anilines is 1. The van der Waals surface area contributed by atoms with E-state index in [9.17, 15) is 4.79 Å². The Kier molecular flexibility index (Phi) is 4.76. The van der Waals surface area contributed by atoms with Gasteiger partial charge in [-0.1, -0.05) is 29.3 Å². The van der Waals surface area contributed by atoms with Gasteiger partial charge in [0.25, 0.3) is 5.91 Å². The van der Waals surface area contributed by atoms with E-state index in [1.165, 1.54) is 11.3 Å². The molecule has 0 saturated heterocycles. The number of amides is 1. The van der Waals surface area contributed by atoms with Crippen molar-refractivity contribution in [3.63, 3.8) is 0 Å². The van der Waals surface area contributed by atoms with Gasteiger partial charge in [0, 0.05) is 5.69 Å². The van der Waals surface area contributed by atoms with Crippen LogP contribution in [-0.4, -0.2) is 11.0 Å². The molecule has 0 spiro atoms. The van der Waals surface area contributed by atoms with E-state index in [1.807, 2.05) is 5.38 Å². The van der Waals surface area contributed by atoms with E-state index in [-0.39, 0.29) is 11.0 Å². The number of carbonyl (C=O) groups excluding carboxylic acids is 1. The molecule has 2 N–H and O–H groups in total. The second-order valence-corrected chi connectivity index (χ2v) is 5.68. The van der Waals surface area contributed by atoms with Crippen LogP contribution in [0.3, 0.4) is 0 Å². The molecule has 0 bridgehead atoms. The Balaban J connectivity index is 1.98. The lowest BCUT2D eigenvalue weighted by Gasteiger charge is -2.09. The maximum Gasteiger partial charge on any atom is 0.267 e. The summed E-state index contributed by atoms with van der Waals surface area (Å²) in [6.45, 7) is 0. The lowest BCUT2D eigenvalue weighted by Crippen LogP contribution is -2.33. The van der Waals surface area contributed by atoms with Gasteiger partial charge in [-0.15, -0.1) is 11.3 Å². The fourth-order valence-electron chi connectivity index (χ4n) is 1.31. The summed E-state index contributed by atoms with van der Waals surface area (Å²) in [7, 11) is 0. The van der Waals surface area contributed by atoms with E-state index < -0.39 is 0 Å². The molecule has 1 heterocycles. The van der Waals surface area contributed by atoms with Crippen LogP contribution in [0.4, 0.5) is 5.69 Å². The summed E-state index contributed by atoms with van der Waals surface area (Å²) in [5.41, 5.74) is 0.658. The fraction of sp³-hybridized carbons (Fsp3) is 0. The van der Waals surface area contributed by atoms with Crippen LogP contribution >= 0.6 is 46.8 Å². The lowest BCUT2D eigenvalue weighted by molar-refractivity contribution is 0.0981. The summed E-state index contributed by atoms with van der Waals surface area (Å²) >= 11 is 18.1. The molecule has 1 aromatic heterocycles. The molecule has 1 amide bonds. The smallest absolute Gasteiger partial charge is 0.267 e. The third-order valence-corrected chi connectivity index (χ3v) is 3.96. The van der Waals surface area contributed by atoms with Gasteiger partial charge in [-0.3, -0.25) is 10.1 Å². The zero-order chi connectivity index (χ0) is 13.8. The second kappa shape index (κ2) is 6.34. The average Bonchev–Trinajstić information content (AvgIpc) is 2.87. The van der Waals surface area contributed by atoms with Crippen molar-refractivity contribution in [3.8, 4) is 0 Å². The molecule has 0 aliphatic heterocycles. The van der Waals surface area contributed by atoms with Crippen LogP contribution in [-0.2, 0) is 0 Å². The van der Waals surface area contributed by atoms with E-state index in [2.05, 4.69) is 10.6 Å². The first kappa shape index (κ1) is 14.3. The molecule has 0 unspecified atom stereocenters. The van der Waals surface area contributed by atoms with Gasteiger partial charge >= 0.3 is 0 Å². The molecule has 0 saturated carbocycles. The summed E-state index contributed by atoms with van der Waals surface area (Å²) in [5.74, 6) is -0.243. The number of thiophene rings is 1. The minimum atomic E-state index is -0.243. The number of benzene rings is 1. The Morgan fingerprint density at radius 3 is 2.63 bits per heavy atom. The zero-order valence-electron chi connectivity index (χ0n) is 9.44. The van der Waals surface area contributed by atoms with Gasteiger partial charge in [0.05, 0.1) is 14.9 Å². The minimum absolute atomic E-state index is 0.205. The Labute approximate surface area is 129 Å². The molecule has 0 aliphatic rings. The van der Waals surface area contributed by atoms with E-state index in [0.29, 0.717) is 20.6 Å². The van der Waals surface area contributed by atoms with Crippen LogP contribution in [0.25, 0.3) is 0 Å². The predicted molar refractivity (Wildman–Crippen MR) is 84.5 cm³/mol. The van der Waals surface area contributed by atoms with Gasteiger partial charge < -0.3 is 5.32 Å². The van der Waals surface area contributed by atoms with Crippen molar-refractivity contribution in [3.05, 3.63) is 50.6 Å². The van der Waals surface area contributed by atoms with Gasteiger partial charge in [0.2, 0.25) is 0 Å². The minimum Gasteiger partial charge on any atom is -0.332 e. The van der Waals surface area contributed by atoms with Gasteiger partial charge in [0.1, 0.15) is 0 Å². The molecule has 0 radical (unpaired) electrons. The van der Waals surface area contributed by atoms with E-state index in [1.54, 1.807) is 30.3 Å². The Hall–Kier alpha value is -1.14. The zero-order valence-corrected chi connectivity index (χ0v) is 12.6. The van der Waals surface area contributed by atoms with Gasteiger partial charge in [-0.05, 0) is 41.9 Å². The van der Waals surface area contributed by atoms with Crippen molar-refractivity contribution in [1.82, 2.24) is 5.32 Å². The third kappa shape index (κ3) is 3.91. The molecule has 7 heteroatoms. The number of hydrogen-bond donors (Lipinski definition) is 2. The number of carbonyl (C=O) groups is 1. The highest BCUT2D eigenvalue weighted by molar-refractivity contribution is 7.80. The highest BCUT2D eigenvalue weighted by atomic mass is 35.5.